The number of hydrogen-bond acceptors (Lipinski definition) is 6. The third-order valence-corrected chi connectivity index (χ3v) is 3.80. The van der Waals surface area contributed by atoms with Crippen molar-refractivity contribution in [3.05, 3.63) is 47.8 Å². The molecule has 126 valence electrons. The number of morpholine rings is 1. The fourth-order valence-corrected chi connectivity index (χ4v) is 2.52. The normalized spacial score (nSPS) is 14.3. The fraction of sp³-hybridized carbons (Fsp3) is 0.353. The summed E-state index contributed by atoms with van der Waals surface area (Å²) in [6.07, 6.45) is 3.39. The lowest BCUT2D eigenvalue weighted by atomic mass is 10.2. The van der Waals surface area contributed by atoms with Crippen molar-refractivity contribution in [1.82, 2.24) is 15.3 Å². The second-order valence-electron chi connectivity index (χ2n) is 5.37. The summed E-state index contributed by atoms with van der Waals surface area (Å²) in [6.45, 7) is 3.16. The van der Waals surface area contributed by atoms with Crippen molar-refractivity contribution in [3.8, 4) is 5.88 Å². The number of amides is 1. The lowest BCUT2D eigenvalue weighted by Gasteiger charge is -2.29. The number of nitrogens with zero attached hydrogens (tertiary/aromatic N) is 3. The van der Waals surface area contributed by atoms with Crippen molar-refractivity contribution in [2.24, 2.45) is 0 Å². The number of nitrogens with one attached hydrogen (secondary N) is 1. The molecule has 7 nitrogen and oxygen atoms in total. The van der Waals surface area contributed by atoms with E-state index in [2.05, 4.69) is 20.2 Å². The minimum Gasteiger partial charge on any atom is -0.481 e. The van der Waals surface area contributed by atoms with Gasteiger partial charge in [-0.2, -0.15) is 0 Å². The summed E-state index contributed by atoms with van der Waals surface area (Å²) < 4.78 is 10.4. The van der Waals surface area contributed by atoms with Gasteiger partial charge in [-0.1, -0.05) is 6.07 Å². The van der Waals surface area contributed by atoms with Crippen molar-refractivity contribution < 1.29 is 14.3 Å². The highest BCUT2D eigenvalue weighted by Crippen LogP contribution is 2.18. The minimum absolute atomic E-state index is 0.152. The highest BCUT2D eigenvalue weighted by molar-refractivity contribution is 5.98. The highest BCUT2D eigenvalue weighted by atomic mass is 16.5. The van der Waals surface area contributed by atoms with Crippen molar-refractivity contribution >= 4 is 11.7 Å². The first-order valence-corrected chi connectivity index (χ1v) is 7.83. The molecule has 2 aromatic heterocycles. The molecule has 1 aliphatic rings. The van der Waals surface area contributed by atoms with Crippen molar-refractivity contribution in [3.63, 3.8) is 0 Å². The van der Waals surface area contributed by atoms with Crippen LogP contribution in [0.15, 0.2) is 36.7 Å². The molecule has 0 aliphatic carbocycles. The van der Waals surface area contributed by atoms with Crippen LogP contribution in [0.5, 0.6) is 5.88 Å². The monoisotopic (exact) mass is 328 g/mol. The molecule has 7 heteroatoms. The van der Waals surface area contributed by atoms with Gasteiger partial charge < -0.3 is 19.7 Å². The first-order valence-electron chi connectivity index (χ1n) is 7.83. The summed E-state index contributed by atoms with van der Waals surface area (Å²) in [6, 6.07) is 7.20. The smallest absolute Gasteiger partial charge is 0.255 e. The molecule has 24 heavy (non-hydrogen) atoms. The summed E-state index contributed by atoms with van der Waals surface area (Å²) >= 11 is 0. The number of carbonyl (C=O) groups excluding carboxylic acids is 1. The van der Waals surface area contributed by atoms with Crippen LogP contribution in [0.4, 0.5) is 5.82 Å². The number of rotatable bonds is 5. The van der Waals surface area contributed by atoms with Gasteiger partial charge in [0, 0.05) is 38.1 Å². The Labute approximate surface area is 140 Å². The first-order chi connectivity index (χ1) is 11.8. The van der Waals surface area contributed by atoms with Crippen LogP contribution in [-0.2, 0) is 11.3 Å². The van der Waals surface area contributed by atoms with E-state index in [0.29, 0.717) is 37.0 Å². The van der Waals surface area contributed by atoms with Gasteiger partial charge >= 0.3 is 0 Å². The topological polar surface area (TPSA) is 76.6 Å². The van der Waals surface area contributed by atoms with E-state index in [1.165, 1.54) is 0 Å². The molecule has 0 bridgehead atoms. The van der Waals surface area contributed by atoms with E-state index in [-0.39, 0.29) is 5.91 Å². The van der Waals surface area contributed by atoms with E-state index in [9.17, 15) is 4.79 Å². The molecule has 2 aromatic rings. The molecule has 0 atom stereocenters. The Hall–Kier alpha value is -2.67. The van der Waals surface area contributed by atoms with Crippen molar-refractivity contribution in [2.75, 3.05) is 38.3 Å². The second-order valence-corrected chi connectivity index (χ2v) is 5.37. The van der Waals surface area contributed by atoms with Crippen LogP contribution >= 0.6 is 0 Å². The maximum absolute atomic E-state index is 12.6. The molecule has 0 spiro atoms. The number of carbonyl (C=O) groups is 1. The molecule has 1 amide bonds. The first kappa shape index (κ1) is 16.2. The average Bonchev–Trinajstić information content (AvgIpc) is 2.67. The molecule has 1 saturated heterocycles. The van der Waals surface area contributed by atoms with Gasteiger partial charge in [0.05, 0.1) is 25.9 Å². The van der Waals surface area contributed by atoms with Crippen molar-refractivity contribution in [1.29, 1.82) is 0 Å². The van der Waals surface area contributed by atoms with Gasteiger partial charge in [0.25, 0.3) is 5.91 Å². The molecule has 0 radical (unpaired) electrons. The zero-order chi connectivity index (χ0) is 16.8. The Morgan fingerprint density at radius 1 is 1.29 bits per heavy atom. The fourth-order valence-electron chi connectivity index (χ4n) is 2.52. The molecular weight excluding hydrogens is 308 g/mol. The summed E-state index contributed by atoms with van der Waals surface area (Å²) in [5.74, 6) is 1.10. The molecule has 3 rings (SSSR count). The Morgan fingerprint density at radius 2 is 2.12 bits per heavy atom. The summed E-state index contributed by atoms with van der Waals surface area (Å²) in [7, 11) is 1.57. The van der Waals surface area contributed by atoms with Crippen LogP contribution in [0, 0.1) is 0 Å². The van der Waals surface area contributed by atoms with Crippen molar-refractivity contribution in [2.45, 2.75) is 6.54 Å². The van der Waals surface area contributed by atoms with E-state index in [1.54, 1.807) is 37.7 Å². The zero-order valence-electron chi connectivity index (χ0n) is 13.6. The van der Waals surface area contributed by atoms with Gasteiger partial charge in [-0.3, -0.25) is 4.79 Å². The summed E-state index contributed by atoms with van der Waals surface area (Å²) in [5.41, 5.74) is 1.47. The second kappa shape index (κ2) is 7.74. The zero-order valence-corrected chi connectivity index (χ0v) is 13.6. The summed E-state index contributed by atoms with van der Waals surface area (Å²) in [4.78, 5) is 23.1. The number of ether oxygens (including phenoxy) is 2. The van der Waals surface area contributed by atoms with Gasteiger partial charge in [0.15, 0.2) is 0 Å². The predicted molar refractivity (Wildman–Crippen MR) is 89.2 cm³/mol. The maximum Gasteiger partial charge on any atom is 0.255 e. The van der Waals surface area contributed by atoms with Gasteiger partial charge in [0.2, 0.25) is 5.88 Å². The molecule has 0 saturated carbocycles. The Balaban J connectivity index is 1.68. The van der Waals surface area contributed by atoms with Gasteiger partial charge in [-0.05, 0) is 17.7 Å². The van der Waals surface area contributed by atoms with Crippen LogP contribution in [0.3, 0.4) is 0 Å². The molecule has 1 fully saturated rings. The highest BCUT2D eigenvalue weighted by Gasteiger charge is 2.19. The molecular formula is C17H20N4O3. The predicted octanol–water partition coefficient (Wildman–Crippen LogP) is 1.25. The SMILES string of the molecule is COc1ccc(CNC(=O)c2cccnc2N2CCOCC2)cn1. The standard InChI is InChI=1S/C17H20N4O3/c1-23-15-5-4-13(11-19-15)12-20-17(22)14-3-2-6-18-16(14)21-7-9-24-10-8-21/h2-6,11H,7-10,12H2,1H3,(H,20,22). The van der Waals surface area contributed by atoms with Crippen LogP contribution in [0.1, 0.15) is 15.9 Å². The van der Waals surface area contributed by atoms with Crippen LogP contribution in [0.25, 0.3) is 0 Å². The van der Waals surface area contributed by atoms with Gasteiger partial charge in [0.1, 0.15) is 5.82 Å². The number of methoxy groups -OCH3 is 1. The van der Waals surface area contributed by atoms with Crippen LogP contribution in [-0.4, -0.2) is 49.3 Å². The number of hydrogen-bond donors (Lipinski definition) is 1. The van der Waals surface area contributed by atoms with E-state index < -0.39 is 0 Å². The average molecular weight is 328 g/mol. The minimum atomic E-state index is -0.152. The largest absolute Gasteiger partial charge is 0.481 e. The molecule has 1 aliphatic heterocycles. The quantitative estimate of drug-likeness (QED) is 0.890. The lowest BCUT2D eigenvalue weighted by Crippen LogP contribution is -2.38. The maximum atomic E-state index is 12.6. The third kappa shape index (κ3) is 3.80. The van der Waals surface area contributed by atoms with E-state index in [4.69, 9.17) is 9.47 Å². The molecule has 0 unspecified atom stereocenters. The van der Waals surface area contributed by atoms with E-state index in [1.807, 2.05) is 6.07 Å². The van der Waals surface area contributed by atoms with Gasteiger partial charge in [-0.15, -0.1) is 0 Å². The van der Waals surface area contributed by atoms with E-state index in [0.717, 1.165) is 18.7 Å². The Bertz CT molecular complexity index is 684. The lowest BCUT2D eigenvalue weighted by molar-refractivity contribution is 0.0949. The number of anilines is 1. The molecule has 3 heterocycles. The third-order valence-electron chi connectivity index (χ3n) is 3.80. The summed E-state index contributed by atoms with van der Waals surface area (Å²) in [5, 5.41) is 2.91. The number of pyridine rings is 2. The Morgan fingerprint density at radius 3 is 2.83 bits per heavy atom. The molecule has 1 N–H and O–H groups in total. The number of aromatic nitrogens is 2. The van der Waals surface area contributed by atoms with E-state index >= 15 is 0 Å². The van der Waals surface area contributed by atoms with Crippen LogP contribution in [0.2, 0.25) is 0 Å². The van der Waals surface area contributed by atoms with Gasteiger partial charge in [-0.25, -0.2) is 9.97 Å². The van der Waals surface area contributed by atoms with Crippen LogP contribution < -0.4 is 15.0 Å². The molecule has 0 aromatic carbocycles. The Kier molecular flexibility index (Phi) is 5.22.